The van der Waals surface area contributed by atoms with Gasteiger partial charge < -0.3 is 14.7 Å². The Morgan fingerprint density at radius 2 is 2.06 bits per heavy atom. The molecule has 0 aliphatic rings. The number of rotatable bonds is 6. The quantitative estimate of drug-likeness (QED) is 0.825. The van der Waals surface area contributed by atoms with Crippen LogP contribution in [0.3, 0.4) is 0 Å². The van der Waals surface area contributed by atoms with E-state index in [1.165, 1.54) is 0 Å². The Hall–Kier alpha value is -1.22. The van der Waals surface area contributed by atoms with Crippen molar-refractivity contribution < 1.29 is 9.84 Å². The second-order valence-corrected chi connectivity index (χ2v) is 4.69. The van der Waals surface area contributed by atoms with E-state index in [1.807, 2.05) is 31.1 Å². The van der Waals surface area contributed by atoms with Crippen LogP contribution in [-0.2, 0) is 0 Å². The first kappa shape index (κ1) is 13.8. The van der Waals surface area contributed by atoms with Crippen LogP contribution < -0.4 is 4.74 Å². The molecule has 0 heterocycles. The summed E-state index contributed by atoms with van der Waals surface area (Å²) in [6.07, 6.45) is 1.07. The van der Waals surface area contributed by atoms with Crippen LogP contribution >= 0.6 is 0 Å². The van der Waals surface area contributed by atoms with E-state index in [4.69, 9.17) is 4.74 Å². The van der Waals surface area contributed by atoms with E-state index in [9.17, 15) is 5.11 Å². The van der Waals surface area contributed by atoms with E-state index >= 15 is 0 Å². The summed E-state index contributed by atoms with van der Waals surface area (Å²) in [5.41, 5.74) is 1.16. The topological polar surface area (TPSA) is 32.7 Å². The molecular formula is C14H23NO2. The summed E-state index contributed by atoms with van der Waals surface area (Å²) in [5.74, 6) is 1.28. The summed E-state index contributed by atoms with van der Waals surface area (Å²) in [4.78, 5) is 2.05. The van der Waals surface area contributed by atoms with Crippen LogP contribution in [0.5, 0.6) is 11.5 Å². The zero-order chi connectivity index (χ0) is 12.8. The van der Waals surface area contributed by atoms with Crippen molar-refractivity contribution in [1.29, 1.82) is 0 Å². The highest BCUT2D eigenvalue weighted by molar-refractivity contribution is 5.42. The van der Waals surface area contributed by atoms with Gasteiger partial charge >= 0.3 is 0 Å². The molecule has 0 aliphatic carbocycles. The average molecular weight is 237 g/mol. The lowest BCUT2D eigenvalue weighted by Gasteiger charge is -2.14. The largest absolute Gasteiger partial charge is 0.504 e. The van der Waals surface area contributed by atoms with Crippen molar-refractivity contribution in [3.63, 3.8) is 0 Å². The van der Waals surface area contributed by atoms with Crippen LogP contribution in [0.4, 0.5) is 0 Å². The molecule has 0 aliphatic heterocycles. The molecule has 0 aromatic heterocycles. The normalized spacial score (nSPS) is 12.8. The van der Waals surface area contributed by atoms with Crippen molar-refractivity contribution in [3.05, 3.63) is 23.8 Å². The van der Waals surface area contributed by atoms with Crippen molar-refractivity contribution >= 4 is 0 Å². The van der Waals surface area contributed by atoms with Crippen LogP contribution in [0.1, 0.15) is 31.7 Å². The van der Waals surface area contributed by atoms with Gasteiger partial charge in [-0.1, -0.05) is 19.9 Å². The van der Waals surface area contributed by atoms with Gasteiger partial charge in [0.15, 0.2) is 11.5 Å². The Bertz CT molecular complexity index is 350. The molecule has 1 unspecified atom stereocenters. The minimum atomic E-state index is 0.238. The molecule has 0 saturated heterocycles. The molecule has 1 aromatic carbocycles. The van der Waals surface area contributed by atoms with Gasteiger partial charge in [-0.2, -0.15) is 0 Å². The second kappa shape index (κ2) is 6.50. The summed E-state index contributed by atoms with van der Waals surface area (Å²) in [5, 5.41) is 9.86. The molecule has 17 heavy (non-hydrogen) atoms. The number of likely N-dealkylation sites (N-methyl/N-ethyl adjacent to an activating group) is 1. The highest BCUT2D eigenvalue weighted by Gasteiger charge is 2.08. The standard InChI is InChI=1S/C14H23NO2/c1-5-11(2)12-6-7-14(13(16)10-12)17-9-8-15(3)4/h6-7,10-11,16H,5,8-9H2,1-4H3. The van der Waals surface area contributed by atoms with Gasteiger partial charge in [-0.3, -0.25) is 0 Å². The predicted molar refractivity (Wildman–Crippen MR) is 70.9 cm³/mol. The summed E-state index contributed by atoms with van der Waals surface area (Å²) < 4.78 is 5.52. The third-order valence-electron chi connectivity index (χ3n) is 2.96. The number of phenolic OH excluding ortho intramolecular Hbond substituents is 1. The molecule has 0 amide bonds. The number of ether oxygens (including phenoxy) is 1. The zero-order valence-corrected chi connectivity index (χ0v) is 11.2. The van der Waals surface area contributed by atoms with Crippen molar-refractivity contribution in [2.45, 2.75) is 26.2 Å². The van der Waals surface area contributed by atoms with Gasteiger partial charge in [-0.05, 0) is 44.1 Å². The van der Waals surface area contributed by atoms with Crippen molar-refractivity contribution in [2.24, 2.45) is 0 Å². The Kier molecular flexibility index (Phi) is 5.29. The zero-order valence-electron chi connectivity index (χ0n) is 11.2. The smallest absolute Gasteiger partial charge is 0.160 e. The maximum Gasteiger partial charge on any atom is 0.160 e. The van der Waals surface area contributed by atoms with Gasteiger partial charge in [0.25, 0.3) is 0 Å². The van der Waals surface area contributed by atoms with E-state index in [1.54, 1.807) is 6.07 Å². The fraction of sp³-hybridized carbons (Fsp3) is 0.571. The monoisotopic (exact) mass is 237 g/mol. The Morgan fingerprint density at radius 3 is 2.59 bits per heavy atom. The van der Waals surface area contributed by atoms with Crippen LogP contribution in [0, 0.1) is 0 Å². The molecule has 1 rings (SSSR count). The summed E-state index contributed by atoms with van der Waals surface area (Å²) in [6.45, 7) is 5.72. The first-order chi connectivity index (χ1) is 8.04. The molecule has 1 atom stereocenters. The molecule has 0 radical (unpaired) electrons. The molecule has 3 heteroatoms. The lowest BCUT2D eigenvalue weighted by molar-refractivity contribution is 0.252. The van der Waals surface area contributed by atoms with E-state index in [2.05, 4.69) is 13.8 Å². The summed E-state index contributed by atoms with van der Waals surface area (Å²) >= 11 is 0. The minimum Gasteiger partial charge on any atom is -0.504 e. The number of nitrogens with zero attached hydrogens (tertiary/aromatic N) is 1. The lowest BCUT2D eigenvalue weighted by Crippen LogP contribution is -2.19. The second-order valence-electron chi connectivity index (χ2n) is 4.69. The third kappa shape index (κ3) is 4.27. The van der Waals surface area contributed by atoms with Gasteiger partial charge in [0, 0.05) is 6.54 Å². The first-order valence-electron chi connectivity index (χ1n) is 6.15. The summed E-state index contributed by atoms with van der Waals surface area (Å²) in [7, 11) is 3.99. The summed E-state index contributed by atoms with van der Waals surface area (Å²) in [6, 6.07) is 5.69. The number of aromatic hydroxyl groups is 1. The van der Waals surface area contributed by atoms with Crippen molar-refractivity contribution in [1.82, 2.24) is 4.90 Å². The first-order valence-corrected chi connectivity index (χ1v) is 6.15. The molecule has 0 spiro atoms. The molecular weight excluding hydrogens is 214 g/mol. The van der Waals surface area contributed by atoms with Gasteiger partial charge in [0.1, 0.15) is 6.61 Å². The maximum atomic E-state index is 9.86. The van der Waals surface area contributed by atoms with E-state index < -0.39 is 0 Å². The highest BCUT2D eigenvalue weighted by atomic mass is 16.5. The van der Waals surface area contributed by atoms with Gasteiger partial charge in [0.05, 0.1) is 0 Å². The Morgan fingerprint density at radius 1 is 1.35 bits per heavy atom. The van der Waals surface area contributed by atoms with Crippen LogP contribution in [-0.4, -0.2) is 37.3 Å². The number of hydrogen-bond donors (Lipinski definition) is 1. The molecule has 3 nitrogen and oxygen atoms in total. The molecule has 96 valence electrons. The van der Waals surface area contributed by atoms with E-state index in [-0.39, 0.29) is 5.75 Å². The van der Waals surface area contributed by atoms with Gasteiger partial charge in [-0.15, -0.1) is 0 Å². The fourth-order valence-corrected chi connectivity index (χ4v) is 1.54. The predicted octanol–water partition coefficient (Wildman–Crippen LogP) is 2.85. The van der Waals surface area contributed by atoms with Crippen LogP contribution in [0.15, 0.2) is 18.2 Å². The molecule has 0 saturated carbocycles. The van der Waals surface area contributed by atoms with E-state index in [0.29, 0.717) is 18.3 Å². The van der Waals surface area contributed by atoms with Crippen molar-refractivity contribution in [2.75, 3.05) is 27.2 Å². The minimum absolute atomic E-state index is 0.238. The molecule has 0 bridgehead atoms. The molecule has 0 fully saturated rings. The SMILES string of the molecule is CCC(C)c1ccc(OCCN(C)C)c(O)c1. The number of phenols is 1. The fourth-order valence-electron chi connectivity index (χ4n) is 1.54. The molecule has 1 aromatic rings. The van der Waals surface area contributed by atoms with E-state index in [0.717, 1.165) is 18.5 Å². The van der Waals surface area contributed by atoms with Crippen molar-refractivity contribution in [3.8, 4) is 11.5 Å². The number of benzene rings is 1. The Balaban J connectivity index is 2.63. The number of hydrogen-bond acceptors (Lipinski definition) is 3. The average Bonchev–Trinajstić information content (AvgIpc) is 2.29. The maximum absolute atomic E-state index is 9.86. The lowest BCUT2D eigenvalue weighted by atomic mass is 9.98. The van der Waals surface area contributed by atoms with Gasteiger partial charge in [0.2, 0.25) is 0 Å². The Labute approximate surface area is 104 Å². The highest BCUT2D eigenvalue weighted by Crippen LogP contribution is 2.30. The van der Waals surface area contributed by atoms with Crippen LogP contribution in [0.25, 0.3) is 0 Å². The third-order valence-corrected chi connectivity index (χ3v) is 2.96. The van der Waals surface area contributed by atoms with Gasteiger partial charge in [-0.25, -0.2) is 0 Å². The molecule has 1 N–H and O–H groups in total. The van der Waals surface area contributed by atoms with Crippen LogP contribution in [0.2, 0.25) is 0 Å².